The van der Waals surface area contributed by atoms with Crippen molar-refractivity contribution >= 4 is 0 Å². The van der Waals surface area contributed by atoms with Gasteiger partial charge in [0.05, 0.1) is 0 Å². The zero-order valence-corrected chi connectivity index (χ0v) is 8.90. The van der Waals surface area contributed by atoms with Crippen molar-refractivity contribution in [1.82, 2.24) is 25.9 Å². The average Bonchev–Trinajstić information content (AvgIpc) is 2.82. The number of nitrogens with zero attached hydrogens (tertiary/aromatic N) is 3. The topological polar surface area (TPSA) is 66.5 Å². The van der Waals surface area contributed by atoms with Crippen LogP contribution < -0.4 is 5.32 Å². The lowest BCUT2D eigenvalue weighted by Gasteiger charge is -2.17. The first-order valence-corrected chi connectivity index (χ1v) is 5.45. The van der Waals surface area contributed by atoms with E-state index in [9.17, 15) is 0 Å². The van der Waals surface area contributed by atoms with E-state index in [0.717, 1.165) is 31.8 Å². The summed E-state index contributed by atoms with van der Waals surface area (Å²) in [5.74, 6) is 0.744. The van der Waals surface area contributed by atoms with Gasteiger partial charge in [0.25, 0.3) is 0 Å². The first-order chi connectivity index (χ1) is 7.92. The quantitative estimate of drug-likeness (QED) is 0.762. The van der Waals surface area contributed by atoms with Gasteiger partial charge in [-0.15, -0.1) is 10.2 Å². The average molecular weight is 215 g/mol. The van der Waals surface area contributed by atoms with Crippen LogP contribution in [0.3, 0.4) is 0 Å². The predicted molar refractivity (Wildman–Crippen MR) is 58.8 cm³/mol. The van der Waals surface area contributed by atoms with Gasteiger partial charge in [-0.2, -0.15) is 5.21 Å². The maximum atomic E-state index is 3.96. The van der Waals surface area contributed by atoms with Gasteiger partial charge < -0.3 is 5.32 Å². The number of benzene rings is 1. The Morgan fingerprint density at radius 1 is 1.25 bits per heavy atom. The Kier molecular flexibility index (Phi) is 2.38. The van der Waals surface area contributed by atoms with Crippen LogP contribution in [0.15, 0.2) is 18.2 Å². The standard InChI is InChI=1S/C11H13N5/c1-2-10-7-12-4-3-9(10)5-8(1)6-11-13-15-16-14-11/h1-2,5,12H,3-4,6-7H2,(H,13,14,15,16). The van der Waals surface area contributed by atoms with E-state index in [0.29, 0.717) is 0 Å². The molecular formula is C11H13N5. The Bertz CT molecular complexity index is 477. The van der Waals surface area contributed by atoms with Gasteiger partial charge in [-0.3, -0.25) is 0 Å². The van der Waals surface area contributed by atoms with Crippen LogP contribution in [0.4, 0.5) is 0 Å². The molecule has 0 saturated heterocycles. The number of aromatic amines is 1. The maximum Gasteiger partial charge on any atom is 0.178 e. The molecule has 1 aromatic heterocycles. The van der Waals surface area contributed by atoms with Crippen LogP contribution in [-0.4, -0.2) is 27.2 Å². The Hall–Kier alpha value is -1.75. The number of H-pyrrole nitrogens is 1. The normalized spacial score (nSPS) is 14.8. The van der Waals surface area contributed by atoms with Crippen molar-refractivity contribution in [1.29, 1.82) is 0 Å². The van der Waals surface area contributed by atoms with Crippen molar-refractivity contribution in [3.63, 3.8) is 0 Å². The number of tetrazole rings is 1. The zero-order valence-electron chi connectivity index (χ0n) is 8.90. The van der Waals surface area contributed by atoms with Gasteiger partial charge in [-0.1, -0.05) is 23.4 Å². The van der Waals surface area contributed by atoms with E-state index in [2.05, 4.69) is 44.1 Å². The zero-order chi connectivity index (χ0) is 10.8. The molecule has 5 heteroatoms. The molecule has 2 aromatic rings. The second-order valence-corrected chi connectivity index (χ2v) is 4.03. The number of fused-ring (bicyclic) bond motifs is 1. The second-order valence-electron chi connectivity index (χ2n) is 4.03. The first kappa shape index (κ1) is 9.47. The van der Waals surface area contributed by atoms with Crippen LogP contribution >= 0.6 is 0 Å². The number of hydrogen-bond donors (Lipinski definition) is 2. The van der Waals surface area contributed by atoms with Crippen molar-refractivity contribution < 1.29 is 0 Å². The third-order valence-electron chi connectivity index (χ3n) is 2.91. The van der Waals surface area contributed by atoms with Crippen LogP contribution in [0, 0.1) is 0 Å². The Morgan fingerprint density at radius 2 is 2.25 bits per heavy atom. The molecular weight excluding hydrogens is 202 g/mol. The van der Waals surface area contributed by atoms with E-state index in [1.807, 2.05) is 0 Å². The van der Waals surface area contributed by atoms with Crippen LogP contribution in [0.2, 0.25) is 0 Å². The molecule has 0 saturated carbocycles. The third kappa shape index (κ3) is 1.81. The highest BCUT2D eigenvalue weighted by molar-refractivity contribution is 5.34. The summed E-state index contributed by atoms with van der Waals surface area (Å²) in [6, 6.07) is 6.59. The highest BCUT2D eigenvalue weighted by atomic mass is 15.5. The monoisotopic (exact) mass is 215 g/mol. The summed E-state index contributed by atoms with van der Waals surface area (Å²) in [4.78, 5) is 0. The molecule has 0 radical (unpaired) electrons. The Labute approximate surface area is 93.3 Å². The molecule has 0 bridgehead atoms. The molecule has 2 heterocycles. The Balaban J connectivity index is 1.86. The van der Waals surface area contributed by atoms with Gasteiger partial charge in [0.2, 0.25) is 0 Å². The van der Waals surface area contributed by atoms with Crippen molar-refractivity contribution in [2.75, 3.05) is 6.54 Å². The number of aromatic nitrogens is 4. The summed E-state index contributed by atoms with van der Waals surface area (Å²) in [5.41, 5.74) is 4.10. The summed E-state index contributed by atoms with van der Waals surface area (Å²) >= 11 is 0. The van der Waals surface area contributed by atoms with Gasteiger partial charge in [-0.05, 0) is 29.7 Å². The molecule has 0 spiro atoms. The largest absolute Gasteiger partial charge is 0.312 e. The lowest BCUT2D eigenvalue weighted by Crippen LogP contribution is -2.23. The molecule has 1 aliphatic rings. The smallest absolute Gasteiger partial charge is 0.178 e. The van der Waals surface area contributed by atoms with E-state index in [1.54, 1.807) is 0 Å². The summed E-state index contributed by atoms with van der Waals surface area (Å²) in [6.45, 7) is 2.05. The van der Waals surface area contributed by atoms with Crippen molar-refractivity contribution in [3.05, 3.63) is 40.7 Å². The maximum absolute atomic E-state index is 3.96. The van der Waals surface area contributed by atoms with Crippen molar-refractivity contribution in [3.8, 4) is 0 Å². The van der Waals surface area contributed by atoms with Gasteiger partial charge in [0, 0.05) is 13.0 Å². The summed E-state index contributed by atoms with van der Waals surface area (Å²) in [6.07, 6.45) is 1.85. The number of rotatable bonds is 2. The fourth-order valence-corrected chi connectivity index (χ4v) is 2.08. The molecule has 0 amide bonds. The van der Waals surface area contributed by atoms with E-state index >= 15 is 0 Å². The molecule has 16 heavy (non-hydrogen) atoms. The van der Waals surface area contributed by atoms with Crippen LogP contribution in [0.5, 0.6) is 0 Å². The van der Waals surface area contributed by atoms with Crippen LogP contribution in [0.25, 0.3) is 0 Å². The molecule has 0 unspecified atom stereocenters. The minimum Gasteiger partial charge on any atom is -0.312 e. The first-order valence-electron chi connectivity index (χ1n) is 5.45. The van der Waals surface area contributed by atoms with E-state index in [4.69, 9.17) is 0 Å². The molecule has 2 N–H and O–H groups in total. The molecule has 1 aromatic carbocycles. The summed E-state index contributed by atoms with van der Waals surface area (Å²) in [7, 11) is 0. The molecule has 0 fully saturated rings. The number of hydrogen-bond acceptors (Lipinski definition) is 4. The molecule has 82 valence electrons. The molecule has 0 aliphatic carbocycles. The van der Waals surface area contributed by atoms with Crippen molar-refractivity contribution in [2.24, 2.45) is 0 Å². The lowest BCUT2D eigenvalue weighted by molar-refractivity contribution is 0.643. The van der Waals surface area contributed by atoms with E-state index in [-0.39, 0.29) is 0 Å². The highest BCUT2D eigenvalue weighted by Crippen LogP contribution is 2.17. The summed E-state index contributed by atoms with van der Waals surface area (Å²) in [5, 5.41) is 17.3. The van der Waals surface area contributed by atoms with Crippen LogP contribution in [-0.2, 0) is 19.4 Å². The molecule has 5 nitrogen and oxygen atoms in total. The fourth-order valence-electron chi connectivity index (χ4n) is 2.08. The third-order valence-corrected chi connectivity index (χ3v) is 2.91. The van der Waals surface area contributed by atoms with Gasteiger partial charge in [0.15, 0.2) is 5.82 Å². The SMILES string of the molecule is c1cc2c(cc1Cc1nn[nH]n1)CCNC2. The Morgan fingerprint density at radius 3 is 3.12 bits per heavy atom. The number of nitrogens with one attached hydrogen (secondary N) is 2. The predicted octanol–water partition coefficient (Wildman–Crippen LogP) is 0.436. The van der Waals surface area contributed by atoms with Gasteiger partial charge in [-0.25, -0.2) is 0 Å². The highest BCUT2D eigenvalue weighted by Gasteiger charge is 2.09. The minimum absolute atomic E-state index is 0.744. The fraction of sp³-hybridized carbons (Fsp3) is 0.364. The lowest BCUT2D eigenvalue weighted by atomic mass is 9.97. The second kappa shape index (κ2) is 4.02. The van der Waals surface area contributed by atoms with Crippen molar-refractivity contribution in [2.45, 2.75) is 19.4 Å². The van der Waals surface area contributed by atoms with Gasteiger partial charge >= 0.3 is 0 Å². The molecule has 3 rings (SSSR count). The van der Waals surface area contributed by atoms with E-state index in [1.165, 1.54) is 16.7 Å². The van der Waals surface area contributed by atoms with Gasteiger partial charge in [0.1, 0.15) is 0 Å². The molecule has 1 aliphatic heterocycles. The van der Waals surface area contributed by atoms with Crippen LogP contribution in [0.1, 0.15) is 22.5 Å². The summed E-state index contributed by atoms with van der Waals surface area (Å²) < 4.78 is 0. The van der Waals surface area contributed by atoms with E-state index < -0.39 is 0 Å². The minimum atomic E-state index is 0.744. The molecule has 0 atom stereocenters.